The van der Waals surface area contributed by atoms with Gasteiger partial charge < -0.3 is 4.74 Å². The van der Waals surface area contributed by atoms with Crippen molar-refractivity contribution in [3.05, 3.63) is 51.5 Å². The Balaban J connectivity index is 1.72. The lowest BCUT2D eigenvalue weighted by Gasteiger charge is -2.21. The fourth-order valence-corrected chi connectivity index (χ4v) is 4.03. The standard InChI is InChI=1S/C17H19NO2S/c1-2-20-17(19)11-16-18-14-9-8-13(10-15(14)21-16)12-6-4-3-5-7-12/h3-7,13H,2,8-11H2,1H3. The van der Waals surface area contributed by atoms with Crippen LogP contribution in [0.2, 0.25) is 0 Å². The molecule has 1 atom stereocenters. The maximum Gasteiger partial charge on any atom is 0.312 e. The van der Waals surface area contributed by atoms with Gasteiger partial charge in [0.05, 0.1) is 18.7 Å². The van der Waals surface area contributed by atoms with Crippen molar-refractivity contribution in [2.75, 3.05) is 6.61 Å². The first-order valence-electron chi connectivity index (χ1n) is 7.44. The van der Waals surface area contributed by atoms with Crippen molar-refractivity contribution < 1.29 is 9.53 Å². The normalized spacial score (nSPS) is 17.3. The summed E-state index contributed by atoms with van der Waals surface area (Å²) in [5.41, 5.74) is 2.59. The molecule has 21 heavy (non-hydrogen) atoms. The zero-order valence-electron chi connectivity index (χ0n) is 12.2. The summed E-state index contributed by atoms with van der Waals surface area (Å²) in [6.45, 7) is 2.26. The van der Waals surface area contributed by atoms with Gasteiger partial charge in [-0.25, -0.2) is 4.98 Å². The van der Waals surface area contributed by atoms with Gasteiger partial charge in [-0.15, -0.1) is 11.3 Å². The van der Waals surface area contributed by atoms with Crippen LogP contribution in [0.3, 0.4) is 0 Å². The minimum atomic E-state index is -0.178. The zero-order valence-corrected chi connectivity index (χ0v) is 13.0. The number of nitrogens with zero attached hydrogens (tertiary/aromatic N) is 1. The molecule has 1 unspecified atom stereocenters. The highest BCUT2D eigenvalue weighted by Crippen LogP contribution is 2.35. The summed E-state index contributed by atoms with van der Waals surface area (Å²) < 4.78 is 5.00. The number of esters is 1. The first kappa shape index (κ1) is 14.3. The lowest BCUT2D eigenvalue weighted by atomic mass is 9.85. The van der Waals surface area contributed by atoms with Crippen LogP contribution in [0.5, 0.6) is 0 Å². The molecular formula is C17H19NO2S. The molecule has 0 amide bonds. The number of aromatic nitrogens is 1. The largest absolute Gasteiger partial charge is 0.466 e. The molecule has 0 saturated heterocycles. The highest BCUT2D eigenvalue weighted by atomic mass is 32.1. The minimum absolute atomic E-state index is 0.178. The van der Waals surface area contributed by atoms with Crippen molar-refractivity contribution in [1.82, 2.24) is 4.98 Å². The van der Waals surface area contributed by atoms with Crippen molar-refractivity contribution in [2.24, 2.45) is 0 Å². The molecule has 1 aromatic carbocycles. The monoisotopic (exact) mass is 301 g/mol. The Bertz CT molecular complexity index is 621. The van der Waals surface area contributed by atoms with Crippen molar-refractivity contribution in [3.8, 4) is 0 Å². The van der Waals surface area contributed by atoms with E-state index in [1.807, 2.05) is 6.92 Å². The van der Waals surface area contributed by atoms with Gasteiger partial charge in [0.2, 0.25) is 0 Å². The third-order valence-electron chi connectivity index (χ3n) is 3.86. The molecule has 1 aliphatic carbocycles. The molecule has 0 fully saturated rings. The molecule has 1 aromatic heterocycles. The average Bonchev–Trinajstić information content (AvgIpc) is 2.89. The number of carbonyl (C=O) groups excluding carboxylic acids is 1. The number of carbonyl (C=O) groups is 1. The molecule has 0 radical (unpaired) electrons. The molecule has 4 heteroatoms. The second kappa shape index (κ2) is 6.39. The van der Waals surface area contributed by atoms with Crippen LogP contribution in [0, 0.1) is 0 Å². The number of aryl methyl sites for hydroxylation is 1. The number of hydrogen-bond acceptors (Lipinski definition) is 4. The molecule has 1 aliphatic rings. The van der Waals surface area contributed by atoms with Gasteiger partial charge in [-0.3, -0.25) is 4.79 Å². The van der Waals surface area contributed by atoms with Gasteiger partial charge in [-0.05, 0) is 37.7 Å². The van der Waals surface area contributed by atoms with Crippen LogP contribution in [0.25, 0.3) is 0 Å². The summed E-state index contributed by atoms with van der Waals surface area (Å²) in [6.07, 6.45) is 3.50. The number of benzene rings is 1. The Hall–Kier alpha value is -1.68. The topological polar surface area (TPSA) is 39.2 Å². The van der Waals surface area contributed by atoms with E-state index in [1.54, 1.807) is 11.3 Å². The number of hydrogen-bond donors (Lipinski definition) is 0. The third kappa shape index (κ3) is 3.32. The summed E-state index contributed by atoms with van der Waals surface area (Å²) in [5.74, 6) is 0.401. The van der Waals surface area contributed by atoms with E-state index >= 15 is 0 Å². The van der Waals surface area contributed by atoms with E-state index in [4.69, 9.17) is 4.74 Å². The van der Waals surface area contributed by atoms with Gasteiger partial charge in [0.15, 0.2) is 0 Å². The van der Waals surface area contributed by atoms with Gasteiger partial charge in [-0.2, -0.15) is 0 Å². The second-order valence-electron chi connectivity index (χ2n) is 5.31. The Kier molecular flexibility index (Phi) is 4.34. The van der Waals surface area contributed by atoms with Gasteiger partial charge >= 0.3 is 5.97 Å². The van der Waals surface area contributed by atoms with E-state index in [0.717, 1.165) is 24.3 Å². The molecular weight excluding hydrogens is 282 g/mol. The van der Waals surface area contributed by atoms with E-state index in [0.29, 0.717) is 18.9 Å². The molecule has 0 spiro atoms. The van der Waals surface area contributed by atoms with Crippen LogP contribution in [0.1, 0.15) is 40.4 Å². The van der Waals surface area contributed by atoms with Gasteiger partial charge in [0.25, 0.3) is 0 Å². The smallest absolute Gasteiger partial charge is 0.312 e. The quantitative estimate of drug-likeness (QED) is 0.811. The zero-order chi connectivity index (χ0) is 14.7. The fraction of sp³-hybridized carbons (Fsp3) is 0.412. The van der Waals surface area contributed by atoms with Crippen molar-refractivity contribution in [2.45, 2.75) is 38.5 Å². The summed E-state index contributed by atoms with van der Waals surface area (Å²) in [6, 6.07) is 10.7. The van der Waals surface area contributed by atoms with E-state index in [2.05, 4.69) is 35.3 Å². The molecule has 0 saturated carbocycles. The van der Waals surface area contributed by atoms with Crippen molar-refractivity contribution >= 4 is 17.3 Å². The Labute approximate surface area is 129 Å². The van der Waals surface area contributed by atoms with Gasteiger partial charge in [0.1, 0.15) is 5.01 Å². The van der Waals surface area contributed by atoms with E-state index in [-0.39, 0.29) is 5.97 Å². The number of thiazole rings is 1. The van der Waals surface area contributed by atoms with Crippen LogP contribution >= 0.6 is 11.3 Å². The Morgan fingerprint density at radius 1 is 1.38 bits per heavy atom. The molecule has 1 heterocycles. The van der Waals surface area contributed by atoms with Crippen molar-refractivity contribution in [1.29, 1.82) is 0 Å². The van der Waals surface area contributed by atoms with E-state index in [9.17, 15) is 4.79 Å². The first-order chi connectivity index (χ1) is 10.3. The van der Waals surface area contributed by atoms with Crippen molar-refractivity contribution in [3.63, 3.8) is 0 Å². The molecule has 3 rings (SSSR count). The SMILES string of the molecule is CCOC(=O)Cc1nc2c(s1)CC(c1ccccc1)CC2. The number of ether oxygens (including phenoxy) is 1. The molecule has 110 valence electrons. The predicted molar refractivity (Wildman–Crippen MR) is 83.7 cm³/mol. The van der Waals surface area contributed by atoms with Crippen LogP contribution < -0.4 is 0 Å². The molecule has 0 aliphatic heterocycles. The summed E-state index contributed by atoms with van der Waals surface area (Å²) in [5, 5.41) is 0.896. The minimum Gasteiger partial charge on any atom is -0.466 e. The fourth-order valence-electron chi connectivity index (χ4n) is 2.85. The average molecular weight is 301 g/mol. The van der Waals surface area contributed by atoms with E-state index in [1.165, 1.54) is 16.1 Å². The third-order valence-corrected chi connectivity index (χ3v) is 4.98. The number of rotatable bonds is 4. The van der Waals surface area contributed by atoms with Crippen LogP contribution in [0.15, 0.2) is 30.3 Å². The molecule has 0 bridgehead atoms. The summed E-state index contributed by atoms with van der Waals surface area (Å²) >= 11 is 1.68. The Morgan fingerprint density at radius 3 is 2.95 bits per heavy atom. The summed E-state index contributed by atoms with van der Waals surface area (Å²) in [4.78, 5) is 17.5. The lowest BCUT2D eigenvalue weighted by Crippen LogP contribution is -2.11. The lowest BCUT2D eigenvalue weighted by molar-refractivity contribution is -0.142. The maximum atomic E-state index is 11.6. The highest BCUT2D eigenvalue weighted by molar-refractivity contribution is 7.11. The maximum absolute atomic E-state index is 11.6. The Morgan fingerprint density at radius 2 is 2.19 bits per heavy atom. The van der Waals surface area contributed by atoms with Crippen LogP contribution in [-0.4, -0.2) is 17.6 Å². The predicted octanol–water partition coefficient (Wildman–Crippen LogP) is 3.52. The molecule has 0 N–H and O–H groups in total. The van der Waals surface area contributed by atoms with Crippen LogP contribution in [-0.2, 0) is 28.8 Å². The second-order valence-corrected chi connectivity index (χ2v) is 6.48. The first-order valence-corrected chi connectivity index (χ1v) is 8.26. The molecule has 2 aromatic rings. The molecule has 3 nitrogen and oxygen atoms in total. The van der Waals surface area contributed by atoms with Gasteiger partial charge in [0, 0.05) is 4.88 Å². The van der Waals surface area contributed by atoms with E-state index < -0.39 is 0 Å². The van der Waals surface area contributed by atoms with Crippen LogP contribution in [0.4, 0.5) is 0 Å². The van der Waals surface area contributed by atoms with Gasteiger partial charge in [-0.1, -0.05) is 30.3 Å². The summed E-state index contributed by atoms with van der Waals surface area (Å²) in [7, 11) is 0. The number of fused-ring (bicyclic) bond motifs is 1. The highest BCUT2D eigenvalue weighted by Gasteiger charge is 2.24.